The van der Waals surface area contributed by atoms with Gasteiger partial charge in [-0.2, -0.15) is 9.97 Å². The summed E-state index contributed by atoms with van der Waals surface area (Å²) in [6.45, 7) is 2.79. The Kier molecular flexibility index (Phi) is 3.00. The Morgan fingerprint density at radius 3 is 3.00 bits per heavy atom. The van der Waals surface area contributed by atoms with Gasteiger partial charge in [-0.1, -0.05) is 0 Å². The molecule has 18 heavy (non-hydrogen) atoms. The summed E-state index contributed by atoms with van der Waals surface area (Å²) in [6.07, 6.45) is 6.59. The van der Waals surface area contributed by atoms with E-state index in [0.717, 1.165) is 24.9 Å². The topological polar surface area (TPSA) is 75.7 Å². The average molecular weight is 247 g/mol. The van der Waals surface area contributed by atoms with Crippen LogP contribution in [0, 0.1) is 0 Å². The Balaban J connectivity index is 1.93. The van der Waals surface area contributed by atoms with Crippen LogP contribution in [-0.2, 0) is 0 Å². The highest BCUT2D eigenvalue weighted by Crippen LogP contribution is 2.27. The van der Waals surface area contributed by atoms with Crippen LogP contribution in [0.4, 0.5) is 5.95 Å². The largest absolute Gasteiger partial charge is 0.473 e. The lowest BCUT2D eigenvalue weighted by atomic mass is 10.3. The van der Waals surface area contributed by atoms with Gasteiger partial charge in [-0.05, 0) is 32.6 Å². The minimum Gasteiger partial charge on any atom is -0.473 e. The summed E-state index contributed by atoms with van der Waals surface area (Å²) < 4.78 is 5.97. The molecule has 2 heterocycles. The lowest BCUT2D eigenvalue weighted by Gasteiger charge is -2.13. The molecular weight excluding hydrogens is 230 g/mol. The number of hydrogen-bond acceptors (Lipinski definition) is 5. The number of nitrogens with one attached hydrogen (secondary N) is 2. The minimum absolute atomic E-state index is 0.279. The molecule has 0 amide bonds. The van der Waals surface area contributed by atoms with Crippen LogP contribution >= 0.6 is 0 Å². The summed E-state index contributed by atoms with van der Waals surface area (Å²) in [7, 11) is 0. The van der Waals surface area contributed by atoms with Gasteiger partial charge in [0.15, 0.2) is 5.65 Å². The van der Waals surface area contributed by atoms with Crippen molar-refractivity contribution in [2.75, 3.05) is 11.9 Å². The number of nitrogens with zero attached hydrogens (tertiary/aromatic N) is 3. The minimum atomic E-state index is 0.279. The molecule has 1 aliphatic rings. The van der Waals surface area contributed by atoms with Gasteiger partial charge < -0.3 is 15.0 Å². The Labute approximate surface area is 105 Å². The molecule has 2 aromatic heterocycles. The first kappa shape index (κ1) is 11.3. The average Bonchev–Trinajstić information content (AvgIpc) is 2.99. The third kappa shape index (κ3) is 2.10. The van der Waals surface area contributed by atoms with Crippen molar-refractivity contribution in [1.82, 2.24) is 19.9 Å². The van der Waals surface area contributed by atoms with E-state index in [9.17, 15) is 0 Å². The van der Waals surface area contributed by atoms with Crippen LogP contribution in [0.1, 0.15) is 32.6 Å². The van der Waals surface area contributed by atoms with Gasteiger partial charge in [-0.25, -0.2) is 4.98 Å². The molecule has 6 heteroatoms. The molecule has 0 atom stereocenters. The van der Waals surface area contributed by atoms with E-state index >= 15 is 0 Å². The van der Waals surface area contributed by atoms with Crippen molar-refractivity contribution in [1.29, 1.82) is 0 Å². The first-order chi connectivity index (χ1) is 8.86. The summed E-state index contributed by atoms with van der Waals surface area (Å²) >= 11 is 0. The predicted octanol–water partition coefficient (Wildman–Crippen LogP) is 2.11. The van der Waals surface area contributed by atoms with Gasteiger partial charge in [0, 0.05) is 6.54 Å². The molecule has 6 nitrogen and oxygen atoms in total. The van der Waals surface area contributed by atoms with E-state index in [1.807, 2.05) is 6.92 Å². The van der Waals surface area contributed by atoms with Crippen LogP contribution < -0.4 is 10.1 Å². The number of aromatic nitrogens is 4. The fourth-order valence-electron chi connectivity index (χ4n) is 2.29. The van der Waals surface area contributed by atoms with Crippen molar-refractivity contribution in [3.05, 3.63) is 6.33 Å². The molecule has 0 bridgehead atoms. The van der Waals surface area contributed by atoms with Crippen LogP contribution in [0.15, 0.2) is 6.33 Å². The number of anilines is 1. The third-order valence-electron chi connectivity index (χ3n) is 3.17. The second kappa shape index (κ2) is 4.80. The smallest absolute Gasteiger partial charge is 0.245 e. The Hall–Kier alpha value is -1.85. The molecule has 3 rings (SSSR count). The van der Waals surface area contributed by atoms with Crippen molar-refractivity contribution in [3.8, 4) is 5.88 Å². The molecule has 0 aromatic carbocycles. The number of H-pyrrole nitrogens is 1. The number of rotatable bonds is 4. The zero-order chi connectivity index (χ0) is 12.4. The molecule has 0 spiro atoms. The fourth-order valence-corrected chi connectivity index (χ4v) is 2.29. The lowest BCUT2D eigenvalue weighted by Crippen LogP contribution is -2.13. The zero-order valence-corrected chi connectivity index (χ0v) is 10.4. The van der Waals surface area contributed by atoms with E-state index in [2.05, 4.69) is 25.3 Å². The highest BCUT2D eigenvalue weighted by atomic mass is 16.5. The van der Waals surface area contributed by atoms with Crippen LogP contribution in [0.2, 0.25) is 0 Å². The fraction of sp³-hybridized carbons (Fsp3) is 0.583. The van der Waals surface area contributed by atoms with E-state index < -0.39 is 0 Å². The summed E-state index contributed by atoms with van der Waals surface area (Å²) in [4.78, 5) is 15.9. The molecule has 2 N–H and O–H groups in total. The van der Waals surface area contributed by atoms with Gasteiger partial charge in [0.05, 0.1) is 6.33 Å². The first-order valence-electron chi connectivity index (χ1n) is 6.48. The Bertz CT molecular complexity index is 532. The number of ether oxygens (including phenoxy) is 1. The summed E-state index contributed by atoms with van der Waals surface area (Å²) in [5.41, 5.74) is 1.43. The number of imidazole rings is 1. The molecule has 1 aliphatic carbocycles. The van der Waals surface area contributed by atoms with Gasteiger partial charge in [-0.3, -0.25) is 0 Å². The van der Waals surface area contributed by atoms with E-state index in [-0.39, 0.29) is 6.10 Å². The quantitative estimate of drug-likeness (QED) is 0.865. The molecule has 1 fully saturated rings. The van der Waals surface area contributed by atoms with Gasteiger partial charge in [-0.15, -0.1) is 0 Å². The van der Waals surface area contributed by atoms with E-state index in [1.165, 1.54) is 12.8 Å². The zero-order valence-electron chi connectivity index (χ0n) is 10.4. The summed E-state index contributed by atoms with van der Waals surface area (Å²) in [6, 6.07) is 0. The highest BCUT2D eigenvalue weighted by molar-refractivity contribution is 5.76. The van der Waals surface area contributed by atoms with Crippen LogP contribution in [-0.4, -0.2) is 32.6 Å². The lowest BCUT2D eigenvalue weighted by molar-refractivity contribution is 0.204. The first-order valence-corrected chi connectivity index (χ1v) is 6.48. The van der Waals surface area contributed by atoms with Gasteiger partial charge in [0.2, 0.25) is 11.8 Å². The number of fused-ring (bicyclic) bond motifs is 1. The van der Waals surface area contributed by atoms with Gasteiger partial charge in [0.1, 0.15) is 11.6 Å². The van der Waals surface area contributed by atoms with Crippen molar-refractivity contribution in [2.24, 2.45) is 0 Å². The maximum atomic E-state index is 5.97. The number of aromatic amines is 1. The Morgan fingerprint density at radius 1 is 1.39 bits per heavy atom. The predicted molar refractivity (Wildman–Crippen MR) is 68.7 cm³/mol. The standard InChI is InChI=1S/C12H17N5O/c1-2-13-12-16-10-9(14-7-15-10)11(17-12)18-8-5-3-4-6-8/h7-8H,2-6H2,1H3,(H2,13,14,15,16,17). The third-order valence-corrected chi connectivity index (χ3v) is 3.17. The molecule has 0 saturated heterocycles. The monoisotopic (exact) mass is 247 g/mol. The maximum Gasteiger partial charge on any atom is 0.245 e. The molecule has 2 aromatic rings. The molecule has 0 unspecified atom stereocenters. The molecular formula is C12H17N5O. The summed E-state index contributed by atoms with van der Waals surface area (Å²) in [5, 5.41) is 3.10. The van der Waals surface area contributed by atoms with Gasteiger partial charge >= 0.3 is 0 Å². The van der Waals surface area contributed by atoms with E-state index in [4.69, 9.17) is 4.74 Å². The van der Waals surface area contributed by atoms with Crippen molar-refractivity contribution >= 4 is 17.1 Å². The molecule has 96 valence electrons. The van der Waals surface area contributed by atoms with Crippen molar-refractivity contribution in [2.45, 2.75) is 38.7 Å². The van der Waals surface area contributed by atoms with E-state index in [1.54, 1.807) is 6.33 Å². The van der Waals surface area contributed by atoms with Gasteiger partial charge in [0.25, 0.3) is 0 Å². The number of hydrogen-bond donors (Lipinski definition) is 2. The molecule has 1 saturated carbocycles. The second-order valence-corrected chi connectivity index (χ2v) is 4.51. The molecule has 0 radical (unpaired) electrons. The highest BCUT2D eigenvalue weighted by Gasteiger charge is 2.20. The van der Waals surface area contributed by atoms with Crippen LogP contribution in [0.5, 0.6) is 5.88 Å². The Morgan fingerprint density at radius 2 is 2.22 bits per heavy atom. The van der Waals surface area contributed by atoms with Crippen molar-refractivity contribution in [3.63, 3.8) is 0 Å². The summed E-state index contributed by atoms with van der Waals surface area (Å²) in [5.74, 6) is 1.19. The molecule has 0 aliphatic heterocycles. The normalized spacial score (nSPS) is 16.3. The van der Waals surface area contributed by atoms with Crippen LogP contribution in [0.3, 0.4) is 0 Å². The SMILES string of the molecule is CCNc1nc(OC2CCCC2)c2[nH]cnc2n1. The second-order valence-electron chi connectivity index (χ2n) is 4.51. The van der Waals surface area contributed by atoms with Crippen molar-refractivity contribution < 1.29 is 4.74 Å². The maximum absolute atomic E-state index is 5.97. The van der Waals surface area contributed by atoms with Crippen LogP contribution in [0.25, 0.3) is 11.2 Å². The van der Waals surface area contributed by atoms with E-state index in [0.29, 0.717) is 17.5 Å².